The fourth-order valence-corrected chi connectivity index (χ4v) is 3.15. The third-order valence-electron chi connectivity index (χ3n) is 3.43. The summed E-state index contributed by atoms with van der Waals surface area (Å²) in [5, 5.41) is 5.16. The van der Waals surface area contributed by atoms with Gasteiger partial charge in [-0.05, 0) is 56.3 Å². The van der Waals surface area contributed by atoms with Gasteiger partial charge in [0.15, 0.2) is 5.16 Å². The third kappa shape index (κ3) is 5.67. The molecule has 27 heavy (non-hydrogen) atoms. The predicted octanol–water partition coefficient (Wildman–Crippen LogP) is 4.25. The minimum atomic E-state index is -0.247. The van der Waals surface area contributed by atoms with Crippen LogP contribution < -0.4 is 5.43 Å². The Labute approximate surface area is 166 Å². The van der Waals surface area contributed by atoms with E-state index in [1.54, 1.807) is 18.2 Å². The molecule has 6 nitrogen and oxygen atoms in total. The molecule has 3 rings (SSSR count). The molecule has 0 aliphatic rings. The summed E-state index contributed by atoms with van der Waals surface area (Å²) in [4.78, 5) is 20.5. The molecule has 0 fully saturated rings. The van der Waals surface area contributed by atoms with Crippen LogP contribution in [-0.2, 0) is 4.79 Å². The Balaban J connectivity index is 1.51. The number of benzene rings is 1. The van der Waals surface area contributed by atoms with Gasteiger partial charge in [0.1, 0.15) is 11.5 Å². The van der Waals surface area contributed by atoms with Crippen LogP contribution in [0.15, 0.2) is 57.1 Å². The van der Waals surface area contributed by atoms with Crippen molar-refractivity contribution >= 4 is 35.5 Å². The first-order valence-electron chi connectivity index (χ1n) is 8.12. The lowest BCUT2D eigenvalue weighted by molar-refractivity contribution is -0.118. The second-order valence-corrected chi connectivity index (χ2v) is 7.10. The van der Waals surface area contributed by atoms with E-state index in [0.29, 0.717) is 21.7 Å². The smallest absolute Gasteiger partial charge is 0.250 e. The quantitative estimate of drug-likeness (QED) is 0.289. The van der Waals surface area contributed by atoms with Crippen molar-refractivity contribution in [2.24, 2.45) is 5.10 Å². The number of furan rings is 1. The Kier molecular flexibility index (Phi) is 6.26. The van der Waals surface area contributed by atoms with Gasteiger partial charge in [-0.1, -0.05) is 23.4 Å². The van der Waals surface area contributed by atoms with E-state index in [1.165, 1.54) is 18.0 Å². The fourth-order valence-electron chi connectivity index (χ4n) is 2.28. The molecule has 1 amide bonds. The predicted molar refractivity (Wildman–Crippen MR) is 107 cm³/mol. The Morgan fingerprint density at radius 1 is 1.19 bits per heavy atom. The molecule has 8 heteroatoms. The van der Waals surface area contributed by atoms with Crippen LogP contribution in [0.5, 0.6) is 0 Å². The molecule has 1 aromatic carbocycles. The number of hydrazone groups is 1. The van der Waals surface area contributed by atoms with Gasteiger partial charge in [-0.15, -0.1) is 0 Å². The van der Waals surface area contributed by atoms with Crippen molar-refractivity contribution in [2.45, 2.75) is 19.0 Å². The van der Waals surface area contributed by atoms with Crippen molar-refractivity contribution in [1.82, 2.24) is 15.4 Å². The first kappa shape index (κ1) is 19.1. The van der Waals surface area contributed by atoms with Crippen molar-refractivity contribution in [3.63, 3.8) is 0 Å². The molecule has 0 atom stereocenters. The van der Waals surface area contributed by atoms with Crippen LogP contribution >= 0.6 is 23.4 Å². The van der Waals surface area contributed by atoms with Crippen molar-refractivity contribution in [3.8, 4) is 11.3 Å². The molecule has 0 bridgehead atoms. The SMILES string of the molecule is Cc1cc(C)nc(SCC(=O)N/N=C/c2ccc(-c3ccc(Cl)cc3)o2)n1. The minimum absolute atomic E-state index is 0.175. The zero-order valence-corrected chi connectivity index (χ0v) is 16.3. The number of aromatic nitrogens is 2. The number of carbonyl (C=O) groups is 1. The topological polar surface area (TPSA) is 80.4 Å². The average Bonchev–Trinajstić information content (AvgIpc) is 3.09. The Bertz CT molecular complexity index is 950. The number of carbonyl (C=O) groups excluding carboxylic acids is 1. The Morgan fingerprint density at radius 3 is 2.59 bits per heavy atom. The highest BCUT2D eigenvalue weighted by molar-refractivity contribution is 7.99. The summed E-state index contributed by atoms with van der Waals surface area (Å²) in [6.45, 7) is 3.79. The van der Waals surface area contributed by atoms with Crippen LogP contribution in [0.3, 0.4) is 0 Å². The van der Waals surface area contributed by atoms with E-state index in [2.05, 4.69) is 20.5 Å². The van der Waals surface area contributed by atoms with Gasteiger partial charge >= 0.3 is 0 Å². The van der Waals surface area contributed by atoms with E-state index in [1.807, 2.05) is 38.1 Å². The second-order valence-electron chi connectivity index (χ2n) is 5.72. The molecule has 1 N–H and O–H groups in total. The lowest BCUT2D eigenvalue weighted by atomic mass is 10.2. The Hall–Kier alpha value is -2.64. The van der Waals surface area contributed by atoms with Crippen molar-refractivity contribution < 1.29 is 9.21 Å². The minimum Gasteiger partial charge on any atom is -0.455 e. The standard InChI is InChI=1S/C19H17ClN4O2S/c1-12-9-13(2)23-19(22-12)27-11-18(25)24-21-10-16-7-8-17(26-16)14-3-5-15(20)6-4-14/h3-10H,11H2,1-2H3,(H,24,25)/b21-10+. The lowest BCUT2D eigenvalue weighted by Crippen LogP contribution is -2.19. The van der Waals surface area contributed by atoms with Gasteiger partial charge in [-0.2, -0.15) is 5.10 Å². The summed E-state index contributed by atoms with van der Waals surface area (Å²) in [7, 11) is 0. The number of hydrogen-bond donors (Lipinski definition) is 1. The fraction of sp³-hybridized carbons (Fsp3) is 0.158. The Morgan fingerprint density at radius 2 is 1.89 bits per heavy atom. The first-order chi connectivity index (χ1) is 13.0. The van der Waals surface area contributed by atoms with Crippen LogP contribution in [-0.4, -0.2) is 27.8 Å². The number of nitrogens with zero attached hydrogens (tertiary/aromatic N) is 3. The summed E-state index contributed by atoms with van der Waals surface area (Å²) in [5.74, 6) is 1.16. The monoisotopic (exact) mass is 400 g/mol. The van der Waals surface area contributed by atoms with Gasteiger partial charge in [0.2, 0.25) is 0 Å². The molecule has 0 spiro atoms. The van der Waals surface area contributed by atoms with E-state index in [4.69, 9.17) is 16.0 Å². The van der Waals surface area contributed by atoms with Crippen molar-refractivity contribution in [3.05, 3.63) is 64.6 Å². The molecule has 3 aromatic rings. The van der Waals surface area contributed by atoms with E-state index in [-0.39, 0.29) is 11.7 Å². The van der Waals surface area contributed by atoms with E-state index >= 15 is 0 Å². The molecular formula is C19H17ClN4O2S. The van der Waals surface area contributed by atoms with E-state index in [0.717, 1.165) is 17.0 Å². The van der Waals surface area contributed by atoms with Crippen LogP contribution in [0.1, 0.15) is 17.1 Å². The number of hydrogen-bond acceptors (Lipinski definition) is 6. The maximum absolute atomic E-state index is 11.9. The number of halogens is 1. The van der Waals surface area contributed by atoms with E-state index in [9.17, 15) is 4.79 Å². The van der Waals surface area contributed by atoms with Crippen molar-refractivity contribution in [1.29, 1.82) is 0 Å². The van der Waals surface area contributed by atoms with Gasteiger partial charge in [0.05, 0.1) is 12.0 Å². The molecule has 2 heterocycles. The molecule has 138 valence electrons. The number of nitrogens with one attached hydrogen (secondary N) is 1. The molecule has 0 saturated heterocycles. The first-order valence-corrected chi connectivity index (χ1v) is 9.49. The molecule has 0 radical (unpaired) electrons. The number of amides is 1. The van der Waals surface area contributed by atoms with Gasteiger partial charge in [-0.25, -0.2) is 15.4 Å². The second kappa shape index (κ2) is 8.83. The van der Waals surface area contributed by atoms with Crippen LogP contribution in [0, 0.1) is 13.8 Å². The van der Waals surface area contributed by atoms with E-state index < -0.39 is 0 Å². The summed E-state index contributed by atoms with van der Waals surface area (Å²) in [6, 6.07) is 12.8. The maximum Gasteiger partial charge on any atom is 0.250 e. The molecule has 0 unspecified atom stereocenters. The summed E-state index contributed by atoms with van der Waals surface area (Å²) < 4.78 is 5.68. The summed E-state index contributed by atoms with van der Waals surface area (Å²) in [6.07, 6.45) is 1.45. The largest absolute Gasteiger partial charge is 0.455 e. The molecule has 0 aliphatic carbocycles. The maximum atomic E-state index is 11.9. The lowest BCUT2D eigenvalue weighted by Gasteiger charge is -2.02. The number of thioether (sulfide) groups is 1. The van der Waals surface area contributed by atoms with Gasteiger partial charge in [0, 0.05) is 22.0 Å². The van der Waals surface area contributed by atoms with Crippen LogP contribution in [0.4, 0.5) is 0 Å². The van der Waals surface area contributed by atoms with Crippen molar-refractivity contribution in [2.75, 3.05) is 5.75 Å². The third-order valence-corrected chi connectivity index (χ3v) is 4.53. The normalized spacial score (nSPS) is 11.1. The van der Waals surface area contributed by atoms with Gasteiger partial charge in [-0.3, -0.25) is 4.79 Å². The highest BCUT2D eigenvalue weighted by atomic mass is 35.5. The van der Waals surface area contributed by atoms with Gasteiger partial charge in [0.25, 0.3) is 5.91 Å². The number of aryl methyl sites for hydroxylation is 2. The highest BCUT2D eigenvalue weighted by Crippen LogP contribution is 2.23. The van der Waals surface area contributed by atoms with Gasteiger partial charge < -0.3 is 4.42 Å². The molecule has 2 aromatic heterocycles. The zero-order chi connectivity index (χ0) is 19.2. The summed E-state index contributed by atoms with van der Waals surface area (Å²) in [5.41, 5.74) is 5.12. The number of rotatable bonds is 6. The average molecular weight is 401 g/mol. The molecular weight excluding hydrogens is 384 g/mol. The molecule has 0 aliphatic heterocycles. The highest BCUT2D eigenvalue weighted by Gasteiger charge is 2.06. The summed E-state index contributed by atoms with van der Waals surface area (Å²) >= 11 is 7.14. The molecule has 0 saturated carbocycles. The zero-order valence-electron chi connectivity index (χ0n) is 14.8. The van der Waals surface area contributed by atoms with Crippen LogP contribution in [0.2, 0.25) is 5.02 Å². The van der Waals surface area contributed by atoms with Crippen LogP contribution in [0.25, 0.3) is 11.3 Å².